The number of carbonyl (C=O) groups is 1. The van der Waals surface area contributed by atoms with Crippen LogP contribution in [0.2, 0.25) is 0 Å². The van der Waals surface area contributed by atoms with Gasteiger partial charge in [-0.25, -0.2) is 0 Å². The lowest BCUT2D eigenvalue weighted by Crippen LogP contribution is -2.11. The molecule has 0 saturated heterocycles. The van der Waals surface area contributed by atoms with Crippen molar-refractivity contribution in [2.45, 2.75) is 6.42 Å². The quantitative estimate of drug-likeness (QED) is 0.836. The minimum absolute atomic E-state index is 0.0369. The number of hydrogen-bond donors (Lipinski definition) is 2. The van der Waals surface area contributed by atoms with E-state index in [-0.39, 0.29) is 12.5 Å². The number of rotatable bonds is 3. The topological polar surface area (TPSA) is 62.2 Å². The lowest BCUT2D eigenvalue weighted by molar-refractivity contribution is 0.102. The summed E-state index contributed by atoms with van der Waals surface area (Å²) < 4.78 is 0. The summed E-state index contributed by atoms with van der Waals surface area (Å²) in [4.78, 5) is 16.0. The van der Waals surface area contributed by atoms with E-state index < -0.39 is 0 Å². The van der Waals surface area contributed by atoms with Crippen molar-refractivity contribution in [1.29, 1.82) is 0 Å². The molecule has 0 aliphatic carbocycles. The molecule has 1 amide bonds. The number of benzene rings is 1. The van der Waals surface area contributed by atoms with Crippen LogP contribution in [0, 0.1) is 11.8 Å². The molecule has 0 aliphatic rings. The van der Waals surface area contributed by atoms with Gasteiger partial charge in [0.05, 0.1) is 6.61 Å². The summed E-state index contributed by atoms with van der Waals surface area (Å²) in [5, 5.41) is 11.5. The fourth-order valence-electron chi connectivity index (χ4n) is 1.60. The van der Waals surface area contributed by atoms with E-state index in [2.05, 4.69) is 22.1 Å². The molecule has 2 rings (SSSR count). The average molecular weight is 266 g/mol. The van der Waals surface area contributed by atoms with Crippen molar-refractivity contribution in [1.82, 2.24) is 4.98 Å². The Hall–Kier alpha value is -2.64. The van der Waals surface area contributed by atoms with Crippen LogP contribution >= 0.6 is 0 Å². The summed E-state index contributed by atoms with van der Waals surface area (Å²) in [6, 6.07) is 10.5. The first kappa shape index (κ1) is 13.8. The number of nitrogens with zero attached hydrogens (tertiary/aromatic N) is 1. The molecule has 4 heteroatoms. The standard InChI is InChI=1S/C16H14N2O2/c19-11-2-1-4-13-5-3-6-14(12-13)16(20)18-15-7-9-17-10-8-15/h3,5-10,12,19H,2,11H2,(H,17,18,20). The number of anilines is 1. The fourth-order valence-corrected chi connectivity index (χ4v) is 1.60. The number of aromatic nitrogens is 1. The Bertz CT molecular complexity index is 642. The summed E-state index contributed by atoms with van der Waals surface area (Å²) in [6.45, 7) is 0.0369. The van der Waals surface area contributed by atoms with E-state index in [1.54, 1.807) is 42.7 Å². The summed E-state index contributed by atoms with van der Waals surface area (Å²) in [6.07, 6.45) is 3.66. The van der Waals surface area contributed by atoms with Gasteiger partial charge in [-0.2, -0.15) is 0 Å². The molecular weight excluding hydrogens is 252 g/mol. The minimum atomic E-state index is -0.193. The summed E-state index contributed by atoms with van der Waals surface area (Å²) in [5.74, 6) is 5.54. The van der Waals surface area contributed by atoms with Crippen molar-refractivity contribution >= 4 is 11.6 Å². The Morgan fingerprint density at radius 1 is 1.25 bits per heavy atom. The van der Waals surface area contributed by atoms with Crippen LogP contribution in [-0.2, 0) is 0 Å². The second-order valence-corrected chi connectivity index (χ2v) is 4.05. The van der Waals surface area contributed by atoms with Gasteiger partial charge in [0.2, 0.25) is 0 Å². The zero-order valence-corrected chi connectivity index (χ0v) is 10.8. The van der Waals surface area contributed by atoms with Crippen molar-refractivity contribution in [2.75, 3.05) is 11.9 Å². The molecule has 1 heterocycles. The first-order chi connectivity index (χ1) is 9.79. The van der Waals surface area contributed by atoms with Crippen LogP contribution in [0.15, 0.2) is 48.8 Å². The molecule has 20 heavy (non-hydrogen) atoms. The normalized spacial score (nSPS) is 9.45. The molecule has 100 valence electrons. The van der Waals surface area contributed by atoms with Crippen LogP contribution in [0.1, 0.15) is 22.3 Å². The summed E-state index contributed by atoms with van der Waals surface area (Å²) in [7, 11) is 0. The fraction of sp³-hybridized carbons (Fsp3) is 0.125. The van der Waals surface area contributed by atoms with Crippen molar-refractivity contribution in [3.63, 3.8) is 0 Å². The third-order valence-electron chi connectivity index (χ3n) is 2.53. The van der Waals surface area contributed by atoms with Gasteiger partial charge in [-0.05, 0) is 30.3 Å². The molecule has 2 N–H and O–H groups in total. The van der Waals surface area contributed by atoms with Gasteiger partial charge in [0.1, 0.15) is 0 Å². The van der Waals surface area contributed by atoms with Crippen molar-refractivity contribution in [3.05, 3.63) is 59.9 Å². The number of pyridine rings is 1. The molecular formula is C16H14N2O2. The SMILES string of the molecule is O=C(Nc1ccncc1)c1cccc(C#CCCO)c1. The van der Waals surface area contributed by atoms with E-state index >= 15 is 0 Å². The minimum Gasteiger partial charge on any atom is -0.395 e. The zero-order chi connectivity index (χ0) is 14.2. The van der Waals surface area contributed by atoms with Gasteiger partial charge in [0, 0.05) is 35.6 Å². The number of carbonyl (C=O) groups excluding carboxylic acids is 1. The van der Waals surface area contributed by atoms with E-state index in [0.29, 0.717) is 17.7 Å². The zero-order valence-electron chi connectivity index (χ0n) is 10.8. The molecule has 0 radical (unpaired) electrons. The van der Waals surface area contributed by atoms with Gasteiger partial charge >= 0.3 is 0 Å². The molecule has 2 aromatic rings. The van der Waals surface area contributed by atoms with Crippen molar-refractivity contribution in [3.8, 4) is 11.8 Å². The highest BCUT2D eigenvalue weighted by molar-refractivity contribution is 6.04. The van der Waals surface area contributed by atoms with Crippen molar-refractivity contribution in [2.24, 2.45) is 0 Å². The van der Waals surface area contributed by atoms with E-state index in [0.717, 1.165) is 5.56 Å². The predicted molar refractivity (Wildman–Crippen MR) is 77.2 cm³/mol. The van der Waals surface area contributed by atoms with Crippen molar-refractivity contribution < 1.29 is 9.90 Å². The smallest absolute Gasteiger partial charge is 0.255 e. The maximum atomic E-state index is 12.1. The molecule has 0 spiro atoms. The molecule has 0 unspecified atom stereocenters. The predicted octanol–water partition coefficient (Wildman–Crippen LogP) is 2.07. The molecule has 4 nitrogen and oxygen atoms in total. The van der Waals surface area contributed by atoms with Gasteiger partial charge < -0.3 is 10.4 Å². The maximum Gasteiger partial charge on any atom is 0.255 e. The monoisotopic (exact) mass is 266 g/mol. The van der Waals surface area contributed by atoms with Crippen LogP contribution in [-0.4, -0.2) is 22.6 Å². The van der Waals surface area contributed by atoms with Crippen LogP contribution in [0.3, 0.4) is 0 Å². The highest BCUT2D eigenvalue weighted by Gasteiger charge is 2.05. The van der Waals surface area contributed by atoms with Crippen LogP contribution < -0.4 is 5.32 Å². The lowest BCUT2D eigenvalue weighted by atomic mass is 10.1. The molecule has 1 aromatic heterocycles. The molecule has 0 bridgehead atoms. The third kappa shape index (κ3) is 3.94. The Kier molecular flexibility index (Phi) is 4.87. The first-order valence-electron chi connectivity index (χ1n) is 6.21. The molecule has 1 aromatic carbocycles. The Morgan fingerprint density at radius 2 is 2.05 bits per heavy atom. The number of aliphatic hydroxyl groups is 1. The lowest BCUT2D eigenvalue weighted by Gasteiger charge is -2.04. The second kappa shape index (κ2) is 7.07. The van der Waals surface area contributed by atoms with Crippen LogP contribution in [0.4, 0.5) is 5.69 Å². The first-order valence-corrected chi connectivity index (χ1v) is 6.21. The Labute approximate surface area is 117 Å². The summed E-state index contributed by atoms with van der Waals surface area (Å²) in [5.41, 5.74) is 1.99. The maximum absolute atomic E-state index is 12.1. The Balaban J connectivity index is 2.11. The molecule has 0 saturated carbocycles. The molecule has 0 fully saturated rings. The van der Waals surface area contributed by atoms with Gasteiger partial charge in [-0.3, -0.25) is 9.78 Å². The molecule has 0 atom stereocenters. The van der Waals surface area contributed by atoms with E-state index in [1.807, 2.05) is 6.07 Å². The number of aliphatic hydroxyl groups excluding tert-OH is 1. The molecule has 0 aliphatic heterocycles. The summed E-state index contributed by atoms with van der Waals surface area (Å²) >= 11 is 0. The third-order valence-corrected chi connectivity index (χ3v) is 2.53. The van der Waals surface area contributed by atoms with E-state index in [9.17, 15) is 4.79 Å². The van der Waals surface area contributed by atoms with Crippen LogP contribution in [0.5, 0.6) is 0 Å². The van der Waals surface area contributed by atoms with E-state index in [4.69, 9.17) is 5.11 Å². The number of nitrogens with one attached hydrogen (secondary N) is 1. The van der Waals surface area contributed by atoms with Gasteiger partial charge in [0.15, 0.2) is 0 Å². The van der Waals surface area contributed by atoms with Crippen LogP contribution in [0.25, 0.3) is 0 Å². The number of hydrogen-bond acceptors (Lipinski definition) is 3. The highest BCUT2D eigenvalue weighted by atomic mass is 16.2. The van der Waals surface area contributed by atoms with Gasteiger partial charge in [-0.15, -0.1) is 0 Å². The highest BCUT2D eigenvalue weighted by Crippen LogP contribution is 2.09. The average Bonchev–Trinajstić information content (AvgIpc) is 2.49. The largest absolute Gasteiger partial charge is 0.395 e. The Morgan fingerprint density at radius 3 is 2.80 bits per heavy atom. The second-order valence-electron chi connectivity index (χ2n) is 4.05. The number of amides is 1. The van der Waals surface area contributed by atoms with E-state index in [1.165, 1.54) is 0 Å². The van der Waals surface area contributed by atoms with Gasteiger partial charge in [-0.1, -0.05) is 17.9 Å². The van der Waals surface area contributed by atoms with Gasteiger partial charge in [0.25, 0.3) is 5.91 Å².